The second-order valence-corrected chi connectivity index (χ2v) is 12.5. The normalized spacial score (nSPS) is 19.1. The van der Waals surface area contributed by atoms with Gasteiger partial charge in [-0.2, -0.15) is 0 Å². The number of fused-ring (bicyclic) bond motifs is 2. The number of anilines is 1. The molecule has 0 fully saturated rings. The highest BCUT2D eigenvalue weighted by Gasteiger charge is 2.34. The first-order valence-electron chi connectivity index (χ1n) is 13.6. The zero-order valence-corrected chi connectivity index (χ0v) is 24.4. The maximum atomic E-state index is 13.7. The summed E-state index contributed by atoms with van der Waals surface area (Å²) in [4.78, 5) is 17.3. The number of halogens is 1. The Morgan fingerprint density at radius 3 is 2.52 bits per heavy atom. The molecule has 2 aliphatic rings. The Bertz CT molecular complexity index is 1550. The number of hydrogen-bond acceptors (Lipinski definition) is 8. The summed E-state index contributed by atoms with van der Waals surface area (Å²) < 4.78 is 59.0. The SMILES string of the molecule is C[C@@H]1CN([C@H](C)CO)C(=O)c2cc(NS(=O)(=O)c3ccc(F)cc3)ccc2O[C@H]1CN(C)Cc1ccc2c(c1)OCO2. The molecule has 2 aliphatic heterocycles. The fraction of sp³-hybridized carbons (Fsp3) is 0.367. The van der Waals surface area contributed by atoms with E-state index in [1.807, 2.05) is 32.2 Å². The van der Waals surface area contributed by atoms with Gasteiger partial charge in [0, 0.05) is 31.2 Å². The molecular weight excluding hydrogens is 565 g/mol. The smallest absolute Gasteiger partial charge is 0.261 e. The number of carbonyl (C=O) groups is 1. The molecule has 3 aromatic rings. The predicted molar refractivity (Wildman–Crippen MR) is 154 cm³/mol. The van der Waals surface area contributed by atoms with Crippen LogP contribution in [0, 0.1) is 11.7 Å². The van der Waals surface area contributed by atoms with Gasteiger partial charge in [-0.05, 0) is 74.1 Å². The van der Waals surface area contributed by atoms with Gasteiger partial charge in [0.2, 0.25) is 6.79 Å². The Morgan fingerprint density at radius 1 is 1.07 bits per heavy atom. The van der Waals surface area contributed by atoms with Gasteiger partial charge >= 0.3 is 0 Å². The van der Waals surface area contributed by atoms with Crippen LogP contribution in [0.4, 0.5) is 10.1 Å². The zero-order valence-electron chi connectivity index (χ0n) is 23.6. The molecule has 0 aliphatic carbocycles. The summed E-state index contributed by atoms with van der Waals surface area (Å²) in [6.07, 6.45) is -0.328. The summed E-state index contributed by atoms with van der Waals surface area (Å²) in [5.74, 6) is 0.718. The maximum Gasteiger partial charge on any atom is 0.261 e. The lowest BCUT2D eigenvalue weighted by Gasteiger charge is -2.38. The van der Waals surface area contributed by atoms with Crippen LogP contribution in [-0.4, -0.2) is 74.9 Å². The molecule has 0 saturated heterocycles. The van der Waals surface area contributed by atoms with Gasteiger partial charge in [0.05, 0.1) is 23.1 Å². The Hall–Kier alpha value is -3.87. The summed E-state index contributed by atoms with van der Waals surface area (Å²) in [5.41, 5.74) is 1.37. The zero-order chi connectivity index (χ0) is 30.0. The number of hydrogen-bond donors (Lipinski definition) is 2. The fourth-order valence-electron chi connectivity index (χ4n) is 5.05. The van der Waals surface area contributed by atoms with Crippen LogP contribution in [0.5, 0.6) is 17.2 Å². The van der Waals surface area contributed by atoms with Crippen molar-refractivity contribution in [1.29, 1.82) is 0 Å². The number of sulfonamides is 1. The topological polar surface area (TPSA) is 118 Å². The lowest BCUT2D eigenvalue weighted by molar-refractivity contribution is 0.0341. The molecule has 12 heteroatoms. The summed E-state index contributed by atoms with van der Waals surface area (Å²) in [7, 11) is -2.06. The molecule has 0 bridgehead atoms. The number of nitrogens with one attached hydrogen (secondary N) is 1. The predicted octanol–water partition coefficient (Wildman–Crippen LogP) is 3.71. The summed E-state index contributed by atoms with van der Waals surface area (Å²) in [6, 6.07) is 14.3. The number of likely N-dealkylation sites (N-methyl/N-ethyl adjacent to an activating group) is 1. The van der Waals surface area contributed by atoms with Crippen LogP contribution in [0.1, 0.15) is 29.8 Å². The molecule has 0 aromatic heterocycles. The molecule has 0 unspecified atom stereocenters. The first-order valence-corrected chi connectivity index (χ1v) is 15.1. The molecule has 0 spiro atoms. The fourth-order valence-corrected chi connectivity index (χ4v) is 6.10. The van der Waals surface area contributed by atoms with E-state index in [0.717, 1.165) is 35.6 Å². The number of aliphatic hydroxyl groups is 1. The molecule has 1 amide bonds. The Labute approximate surface area is 244 Å². The number of ether oxygens (including phenoxy) is 3. The summed E-state index contributed by atoms with van der Waals surface area (Å²) >= 11 is 0. The number of benzene rings is 3. The van der Waals surface area contributed by atoms with E-state index >= 15 is 0 Å². The Morgan fingerprint density at radius 2 is 1.79 bits per heavy atom. The van der Waals surface area contributed by atoms with E-state index in [1.165, 1.54) is 12.1 Å². The minimum atomic E-state index is -4.04. The van der Waals surface area contributed by atoms with E-state index in [2.05, 4.69) is 9.62 Å². The lowest BCUT2D eigenvalue weighted by Crippen LogP contribution is -2.49. The van der Waals surface area contributed by atoms with Crippen molar-refractivity contribution in [2.45, 2.75) is 37.4 Å². The van der Waals surface area contributed by atoms with Gasteiger partial charge in [0.25, 0.3) is 15.9 Å². The van der Waals surface area contributed by atoms with Crippen molar-refractivity contribution in [3.8, 4) is 17.2 Å². The van der Waals surface area contributed by atoms with Crippen molar-refractivity contribution in [2.75, 3.05) is 38.3 Å². The summed E-state index contributed by atoms with van der Waals surface area (Å²) in [6.45, 7) is 5.21. The van der Waals surface area contributed by atoms with Crippen LogP contribution in [0.3, 0.4) is 0 Å². The molecular formula is C30H34FN3O7S. The van der Waals surface area contributed by atoms with Crippen LogP contribution in [-0.2, 0) is 16.6 Å². The van der Waals surface area contributed by atoms with Gasteiger partial charge in [-0.15, -0.1) is 0 Å². The van der Waals surface area contributed by atoms with Crippen molar-refractivity contribution < 1.29 is 36.9 Å². The number of carbonyl (C=O) groups excluding carboxylic acids is 1. The molecule has 42 heavy (non-hydrogen) atoms. The third-order valence-corrected chi connectivity index (χ3v) is 8.82. The maximum absolute atomic E-state index is 13.7. The van der Waals surface area contributed by atoms with Gasteiger partial charge in [-0.3, -0.25) is 14.4 Å². The van der Waals surface area contributed by atoms with Crippen LogP contribution in [0.15, 0.2) is 65.6 Å². The van der Waals surface area contributed by atoms with E-state index < -0.39 is 21.9 Å². The first-order chi connectivity index (χ1) is 20.0. The minimum absolute atomic E-state index is 0.0908. The molecule has 5 rings (SSSR count). The molecule has 2 heterocycles. The average molecular weight is 600 g/mol. The molecule has 2 N–H and O–H groups in total. The van der Waals surface area contributed by atoms with Gasteiger partial charge in [-0.1, -0.05) is 13.0 Å². The molecule has 0 saturated carbocycles. The second-order valence-electron chi connectivity index (χ2n) is 10.8. The van der Waals surface area contributed by atoms with Crippen molar-refractivity contribution in [2.24, 2.45) is 5.92 Å². The highest BCUT2D eigenvalue weighted by molar-refractivity contribution is 7.92. The number of nitrogens with zero attached hydrogens (tertiary/aromatic N) is 2. The van der Waals surface area contributed by atoms with E-state index in [0.29, 0.717) is 31.1 Å². The number of amides is 1. The van der Waals surface area contributed by atoms with Crippen LogP contribution in [0.25, 0.3) is 0 Å². The van der Waals surface area contributed by atoms with Gasteiger partial charge in [0.1, 0.15) is 17.7 Å². The number of rotatable bonds is 9. The highest BCUT2D eigenvalue weighted by Crippen LogP contribution is 2.34. The van der Waals surface area contributed by atoms with Crippen LogP contribution in [0.2, 0.25) is 0 Å². The molecule has 3 aromatic carbocycles. The van der Waals surface area contributed by atoms with E-state index in [9.17, 15) is 22.7 Å². The Balaban J connectivity index is 1.40. The minimum Gasteiger partial charge on any atom is -0.488 e. The highest BCUT2D eigenvalue weighted by atomic mass is 32.2. The summed E-state index contributed by atoms with van der Waals surface area (Å²) in [5, 5.41) is 9.93. The standard InChI is InChI=1S/C30H34FN3O7S/c1-19-14-34(20(2)17-35)30(36)25-13-23(32-42(37,38)24-8-5-22(31)6-9-24)7-11-26(25)41-29(19)16-33(3)15-21-4-10-27-28(12-21)40-18-39-27/h4-13,19-20,29,32,35H,14-18H2,1-3H3/t19-,20-,29+/m1/s1. The largest absolute Gasteiger partial charge is 0.488 e. The molecule has 0 radical (unpaired) electrons. The van der Waals surface area contributed by atoms with E-state index in [1.54, 1.807) is 17.9 Å². The average Bonchev–Trinajstić information content (AvgIpc) is 3.43. The van der Waals surface area contributed by atoms with Gasteiger partial charge < -0.3 is 24.2 Å². The van der Waals surface area contributed by atoms with Gasteiger partial charge in [0.15, 0.2) is 11.5 Å². The third kappa shape index (κ3) is 6.45. The van der Waals surface area contributed by atoms with Crippen LogP contribution >= 0.6 is 0 Å². The van der Waals surface area contributed by atoms with Crippen molar-refractivity contribution in [3.05, 3.63) is 77.6 Å². The Kier molecular flexibility index (Phi) is 8.58. The number of aliphatic hydroxyl groups excluding tert-OH is 1. The van der Waals surface area contributed by atoms with Crippen LogP contribution < -0.4 is 18.9 Å². The molecule has 224 valence electrons. The van der Waals surface area contributed by atoms with E-state index in [-0.39, 0.29) is 47.5 Å². The van der Waals surface area contributed by atoms with Crippen molar-refractivity contribution >= 4 is 21.6 Å². The van der Waals surface area contributed by atoms with E-state index in [4.69, 9.17) is 14.2 Å². The molecule has 10 nitrogen and oxygen atoms in total. The van der Waals surface area contributed by atoms with Crippen molar-refractivity contribution in [1.82, 2.24) is 9.80 Å². The van der Waals surface area contributed by atoms with Crippen molar-refractivity contribution in [3.63, 3.8) is 0 Å². The monoisotopic (exact) mass is 599 g/mol. The lowest BCUT2D eigenvalue weighted by atomic mass is 9.99. The first kappa shape index (κ1) is 29.6. The second kappa shape index (κ2) is 12.2. The van der Waals surface area contributed by atoms with Gasteiger partial charge in [-0.25, -0.2) is 12.8 Å². The quantitative estimate of drug-likeness (QED) is 0.383. The third-order valence-electron chi connectivity index (χ3n) is 7.42. The molecule has 3 atom stereocenters.